The van der Waals surface area contributed by atoms with E-state index in [0.29, 0.717) is 6.54 Å². The van der Waals surface area contributed by atoms with Gasteiger partial charge < -0.3 is 20.6 Å². The molecule has 1 aliphatic heterocycles. The van der Waals surface area contributed by atoms with Gasteiger partial charge in [0.15, 0.2) is 0 Å². The minimum atomic E-state index is -0.829. The smallest absolute Gasteiger partial charge is 0.318 e. The molecule has 0 spiro atoms. The molecule has 4 N–H and O–H groups in total. The van der Waals surface area contributed by atoms with Gasteiger partial charge >= 0.3 is 6.03 Å². The van der Waals surface area contributed by atoms with Gasteiger partial charge in [-0.15, -0.1) is 0 Å². The molecule has 7 nitrogen and oxygen atoms in total. The van der Waals surface area contributed by atoms with E-state index in [-0.39, 0.29) is 18.6 Å². The number of carbonyl (C=O) groups excluding carboxylic acids is 2. The summed E-state index contributed by atoms with van der Waals surface area (Å²) in [7, 11) is 4.19. The molecule has 1 fully saturated rings. The predicted octanol–water partition coefficient (Wildman–Crippen LogP) is 4.19. The van der Waals surface area contributed by atoms with Crippen molar-refractivity contribution in [3.63, 3.8) is 0 Å². The fraction of sp³-hybridized carbons (Fsp3) is 0.259. The number of halogens is 1. The molecule has 1 aliphatic rings. The van der Waals surface area contributed by atoms with Crippen LogP contribution in [-0.2, 0) is 11.3 Å². The molecule has 4 rings (SSSR count). The highest BCUT2D eigenvalue weighted by Gasteiger charge is 2.32. The van der Waals surface area contributed by atoms with Gasteiger partial charge in [-0.2, -0.15) is 0 Å². The molecular formula is C27H31ClN4O3. The molecule has 3 aromatic carbocycles. The minimum Gasteiger partial charge on any atom is -0.391 e. The van der Waals surface area contributed by atoms with Crippen LogP contribution in [0.3, 0.4) is 0 Å². The monoisotopic (exact) mass is 494 g/mol. The fourth-order valence-corrected chi connectivity index (χ4v) is 4.40. The zero-order valence-corrected chi connectivity index (χ0v) is 20.7. The van der Waals surface area contributed by atoms with E-state index in [1.54, 1.807) is 5.32 Å². The molecule has 35 heavy (non-hydrogen) atoms. The van der Waals surface area contributed by atoms with Gasteiger partial charge in [-0.05, 0) is 67.0 Å². The molecule has 0 aromatic heterocycles. The first-order valence-corrected chi connectivity index (χ1v) is 11.7. The van der Waals surface area contributed by atoms with E-state index in [9.17, 15) is 14.7 Å². The van der Waals surface area contributed by atoms with Crippen LogP contribution in [0.15, 0.2) is 72.8 Å². The molecule has 0 aliphatic carbocycles. The summed E-state index contributed by atoms with van der Waals surface area (Å²) < 4.78 is 0. The molecule has 3 aromatic rings. The number of nitrogens with zero attached hydrogens (tertiary/aromatic N) is 2. The first-order valence-electron chi connectivity index (χ1n) is 11.3. The highest BCUT2D eigenvalue weighted by Crippen LogP contribution is 2.37. The molecule has 2 atom stereocenters. The average Bonchev–Trinajstić information content (AvgIpc) is 3.21. The van der Waals surface area contributed by atoms with Crippen molar-refractivity contribution >= 4 is 29.7 Å². The standard InChI is InChI=1S/C25H27ClN2O.C2H4N2O2/c1-27(2)16-20-5-3-4-6-24(20)18-7-9-19(10-8-18)25-15-23(29)17-28(25)22-13-11-21(26)12-14-22;3-2(6)4-1-5/h3-14,23,25,29H,15-17H2,1-2H3;1H,(H3,3,4,5,6)/t23-,25-;/m1./s1. The summed E-state index contributed by atoms with van der Waals surface area (Å²) in [6.07, 6.45) is 0.637. The third kappa shape index (κ3) is 7.29. The molecule has 184 valence electrons. The van der Waals surface area contributed by atoms with Gasteiger partial charge in [-0.25, -0.2) is 4.79 Å². The molecule has 1 saturated heterocycles. The van der Waals surface area contributed by atoms with Crippen molar-refractivity contribution in [3.8, 4) is 11.1 Å². The van der Waals surface area contributed by atoms with Crippen LogP contribution in [0.5, 0.6) is 0 Å². The summed E-state index contributed by atoms with van der Waals surface area (Å²) >= 11 is 6.05. The van der Waals surface area contributed by atoms with Gasteiger partial charge in [0, 0.05) is 23.8 Å². The highest BCUT2D eigenvalue weighted by molar-refractivity contribution is 6.30. The van der Waals surface area contributed by atoms with Crippen LogP contribution in [0.25, 0.3) is 11.1 Å². The van der Waals surface area contributed by atoms with E-state index in [4.69, 9.17) is 11.6 Å². The Bertz CT molecular complexity index is 1120. The minimum absolute atomic E-state index is 0.164. The topological polar surface area (TPSA) is 98.9 Å². The Hall–Kier alpha value is -3.39. The van der Waals surface area contributed by atoms with E-state index in [2.05, 4.69) is 78.2 Å². The van der Waals surface area contributed by atoms with Crippen molar-refractivity contribution in [3.05, 3.63) is 88.9 Å². The molecule has 3 amide bonds. The Kier molecular flexibility index (Phi) is 9.25. The van der Waals surface area contributed by atoms with Crippen LogP contribution in [0, 0.1) is 0 Å². The summed E-state index contributed by atoms with van der Waals surface area (Å²) in [5, 5.41) is 12.7. The second-order valence-corrected chi connectivity index (χ2v) is 9.11. The third-order valence-electron chi connectivity index (χ3n) is 5.75. The molecule has 0 bridgehead atoms. The van der Waals surface area contributed by atoms with Crippen molar-refractivity contribution in [2.45, 2.75) is 25.1 Å². The summed E-state index contributed by atoms with van der Waals surface area (Å²) in [5.41, 5.74) is 10.6. The normalized spacial score (nSPS) is 17.0. The second kappa shape index (κ2) is 12.4. The van der Waals surface area contributed by atoms with E-state index in [1.165, 1.54) is 22.3 Å². The first-order chi connectivity index (χ1) is 16.8. The molecular weight excluding hydrogens is 464 g/mol. The zero-order chi connectivity index (χ0) is 25.4. The van der Waals surface area contributed by atoms with Gasteiger partial charge in [0.05, 0.1) is 12.1 Å². The third-order valence-corrected chi connectivity index (χ3v) is 6.00. The number of β-amino-alcohol motifs (C(OH)–C–C–N with tert-alkyl or cyclic N) is 1. The highest BCUT2D eigenvalue weighted by atomic mass is 35.5. The van der Waals surface area contributed by atoms with Crippen LogP contribution < -0.4 is 16.0 Å². The second-order valence-electron chi connectivity index (χ2n) is 8.68. The van der Waals surface area contributed by atoms with Gasteiger partial charge in [-0.1, -0.05) is 60.1 Å². The number of carbonyl (C=O) groups is 2. The maximum Gasteiger partial charge on any atom is 0.318 e. The van der Waals surface area contributed by atoms with Gasteiger partial charge in [0.2, 0.25) is 6.41 Å². The van der Waals surface area contributed by atoms with Crippen LogP contribution >= 0.6 is 11.6 Å². The van der Waals surface area contributed by atoms with Gasteiger partial charge in [0.1, 0.15) is 0 Å². The summed E-state index contributed by atoms with van der Waals surface area (Å²) in [5.74, 6) is 0. The lowest BCUT2D eigenvalue weighted by molar-refractivity contribution is -0.108. The van der Waals surface area contributed by atoms with Crippen LogP contribution in [0.2, 0.25) is 5.02 Å². The SMILES string of the molecule is CN(C)Cc1ccccc1-c1ccc([C@H]2C[C@@H](O)CN2c2ccc(Cl)cc2)cc1.NC(=O)NC=O. The number of nitrogens with two attached hydrogens (primary N) is 1. The number of benzene rings is 3. The first kappa shape index (κ1) is 26.2. The number of urea groups is 1. The Morgan fingerprint density at radius 2 is 1.77 bits per heavy atom. The van der Waals surface area contributed by atoms with Crippen molar-refractivity contribution < 1.29 is 14.7 Å². The lowest BCUT2D eigenvalue weighted by Gasteiger charge is -2.27. The Labute approximate surface area is 211 Å². The Morgan fingerprint density at radius 1 is 1.11 bits per heavy atom. The summed E-state index contributed by atoms with van der Waals surface area (Å²) in [6, 6.07) is 24.6. The number of anilines is 1. The van der Waals surface area contributed by atoms with Gasteiger partial charge in [-0.3, -0.25) is 10.1 Å². The van der Waals surface area contributed by atoms with E-state index >= 15 is 0 Å². The predicted molar refractivity (Wildman–Crippen MR) is 140 cm³/mol. The largest absolute Gasteiger partial charge is 0.391 e. The van der Waals surface area contributed by atoms with Crippen molar-refractivity contribution in [2.24, 2.45) is 5.73 Å². The number of hydrogen-bond donors (Lipinski definition) is 3. The van der Waals surface area contributed by atoms with E-state index in [1.807, 2.05) is 24.3 Å². The maximum absolute atomic E-state index is 10.3. The quantitative estimate of drug-likeness (QED) is 0.446. The maximum atomic E-state index is 10.3. The van der Waals surface area contributed by atoms with Crippen LogP contribution in [0.4, 0.5) is 10.5 Å². The number of rotatable bonds is 6. The summed E-state index contributed by atoms with van der Waals surface area (Å²) in [6.45, 7) is 1.55. The molecule has 0 radical (unpaired) electrons. The molecule has 8 heteroatoms. The van der Waals surface area contributed by atoms with Crippen molar-refractivity contribution in [2.75, 3.05) is 25.5 Å². The van der Waals surface area contributed by atoms with Crippen molar-refractivity contribution in [1.29, 1.82) is 0 Å². The van der Waals surface area contributed by atoms with Crippen molar-refractivity contribution in [1.82, 2.24) is 10.2 Å². The van der Waals surface area contributed by atoms with Crippen LogP contribution in [-0.4, -0.2) is 49.2 Å². The lowest BCUT2D eigenvalue weighted by atomic mass is 9.96. The number of primary amides is 1. The number of hydrogen-bond acceptors (Lipinski definition) is 5. The number of nitrogens with one attached hydrogen (secondary N) is 1. The average molecular weight is 495 g/mol. The van der Waals surface area contributed by atoms with Gasteiger partial charge in [0.25, 0.3) is 0 Å². The number of aliphatic hydroxyl groups is 1. The molecule has 1 heterocycles. The Balaban J connectivity index is 0.000000509. The lowest BCUT2D eigenvalue weighted by Crippen LogP contribution is -2.27. The summed E-state index contributed by atoms with van der Waals surface area (Å²) in [4.78, 5) is 23.1. The Morgan fingerprint density at radius 3 is 2.34 bits per heavy atom. The van der Waals surface area contributed by atoms with E-state index in [0.717, 1.165) is 23.7 Å². The van der Waals surface area contributed by atoms with Crippen LogP contribution in [0.1, 0.15) is 23.6 Å². The molecule has 0 saturated carbocycles. The number of imide groups is 1. The zero-order valence-electron chi connectivity index (χ0n) is 19.9. The molecule has 0 unspecified atom stereocenters. The number of aliphatic hydroxyl groups excluding tert-OH is 1. The number of amides is 3. The van der Waals surface area contributed by atoms with E-state index < -0.39 is 6.03 Å². The fourth-order valence-electron chi connectivity index (χ4n) is 4.27.